The van der Waals surface area contributed by atoms with Gasteiger partial charge in [-0.1, -0.05) is 6.07 Å². The Balaban J connectivity index is 2.58. The number of carboxylic acid groups (broad SMARTS) is 1. The van der Waals surface area contributed by atoms with Crippen molar-refractivity contribution in [2.75, 3.05) is 5.32 Å². The number of aromatic carboxylic acids is 1. The lowest BCUT2D eigenvalue weighted by Crippen LogP contribution is -2.07. The molecule has 2 aromatic rings. The van der Waals surface area contributed by atoms with E-state index in [-0.39, 0.29) is 17.3 Å². The Labute approximate surface area is 116 Å². The summed E-state index contributed by atoms with van der Waals surface area (Å²) in [5, 5.41) is 11.1. The second-order valence-corrected chi connectivity index (χ2v) is 4.32. The van der Waals surface area contributed by atoms with Gasteiger partial charge in [-0.2, -0.15) is 0 Å². The van der Waals surface area contributed by atoms with Crippen molar-refractivity contribution < 1.29 is 27.5 Å². The first-order chi connectivity index (χ1) is 9.81. The zero-order valence-electron chi connectivity index (χ0n) is 10.7. The minimum atomic E-state index is -1.63. The number of halogens is 4. The summed E-state index contributed by atoms with van der Waals surface area (Å²) in [6, 6.07) is 4.06. The molecule has 0 bridgehead atoms. The van der Waals surface area contributed by atoms with Crippen LogP contribution in [0.3, 0.4) is 0 Å². The lowest BCUT2D eigenvalue weighted by atomic mass is 10.1. The highest BCUT2D eigenvalue weighted by atomic mass is 19.2. The van der Waals surface area contributed by atoms with Crippen LogP contribution in [-0.2, 0) is 0 Å². The number of aryl methyl sites for hydroxylation is 1. The molecule has 0 amide bonds. The number of anilines is 2. The van der Waals surface area contributed by atoms with E-state index in [9.17, 15) is 22.4 Å². The van der Waals surface area contributed by atoms with E-state index >= 15 is 0 Å². The molecule has 0 spiro atoms. The van der Waals surface area contributed by atoms with Crippen molar-refractivity contribution in [3.63, 3.8) is 0 Å². The average molecular weight is 299 g/mol. The lowest BCUT2D eigenvalue weighted by molar-refractivity contribution is 0.0698. The standard InChI is InChI=1S/C14H9F4NO2/c1-6-2-3-7(14(20)21)10(4-6)19-13-11(17)8(15)5-9(16)12(13)18/h2-5,19H,1H3,(H,20,21). The molecule has 0 radical (unpaired) electrons. The summed E-state index contributed by atoms with van der Waals surface area (Å²) in [6.45, 7) is 1.62. The molecule has 2 N–H and O–H groups in total. The highest BCUT2D eigenvalue weighted by Gasteiger charge is 2.21. The van der Waals surface area contributed by atoms with Gasteiger partial charge in [-0.25, -0.2) is 22.4 Å². The van der Waals surface area contributed by atoms with Crippen molar-refractivity contribution in [1.82, 2.24) is 0 Å². The second-order valence-electron chi connectivity index (χ2n) is 4.32. The van der Waals surface area contributed by atoms with E-state index in [1.165, 1.54) is 18.2 Å². The van der Waals surface area contributed by atoms with Crippen LogP contribution >= 0.6 is 0 Å². The monoisotopic (exact) mass is 299 g/mol. The molecule has 0 heterocycles. The predicted molar refractivity (Wildman–Crippen MR) is 67.7 cm³/mol. The summed E-state index contributed by atoms with van der Waals surface area (Å²) >= 11 is 0. The van der Waals surface area contributed by atoms with Crippen molar-refractivity contribution >= 4 is 17.3 Å². The first-order valence-electron chi connectivity index (χ1n) is 5.75. The van der Waals surface area contributed by atoms with E-state index in [4.69, 9.17) is 5.11 Å². The Morgan fingerprint density at radius 2 is 1.62 bits per heavy atom. The maximum Gasteiger partial charge on any atom is 0.337 e. The number of benzene rings is 2. The fourth-order valence-electron chi connectivity index (χ4n) is 1.77. The van der Waals surface area contributed by atoms with Gasteiger partial charge in [0.1, 0.15) is 5.69 Å². The number of carbonyl (C=O) groups is 1. The smallest absolute Gasteiger partial charge is 0.337 e. The van der Waals surface area contributed by atoms with Crippen LogP contribution < -0.4 is 5.32 Å². The van der Waals surface area contributed by atoms with Crippen molar-refractivity contribution in [3.05, 3.63) is 58.7 Å². The first kappa shape index (κ1) is 14.8. The Morgan fingerprint density at radius 3 is 2.14 bits per heavy atom. The maximum absolute atomic E-state index is 13.6. The van der Waals surface area contributed by atoms with Gasteiger partial charge in [0, 0.05) is 6.07 Å². The predicted octanol–water partition coefficient (Wildman–Crippen LogP) is 3.99. The number of nitrogens with one attached hydrogen (secondary N) is 1. The van der Waals surface area contributed by atoms with E-state index in [1.807, 2.05) is 0 Å². The molecule has 0 aliphatic heterocycles. The molecule has 21 heavy (non-hydrogen) atoms. The molecule has 0 aliphatic rings. The van der Waals surface area contributed by atoms with Gasteiger partial charge in [0.15, 0.2) is 23.3 Å². The molecule has 110 valence electrons. The van der Waals surface area contributed by atoms with Crippen molar-refractivity contribution in [1.29, 1.82) is 0 Å². The van der Waals surface area contributed by atoms with Crippen LogP contribution in [0.15, 0.2) is 24.3 Å². The van der Waals surface area contributed by atoms with Crippen molar-refractivity contribution in [2.45, 2.75) is 6.92 Å². The summed E-state index contributed by atoms with van der Waals surface area (Å²) in [6.07, 6.45) is 0. The number of rotatable bonds is 3. The van der Waals surface area contributed by atoms with Crippen molar-refractivity contribution in [2.24, 2.45) is 0 Å². The van der Waals surface area contributed by atoms with E-state index in [2.05, 4.69) is 5.32 Å². The quantitative estimate of drug-likeness (QED) is 0.665. The molecule has 0 aromatic heterocycles. The molecular weight excluding hydrogens is 290 g/mol. The molecule has 0 saturated heterocycles. The SMILES string of the molecule is Cc1ccc(C(=O)O)c(Nc2c(F)c(F)cc(F)c2F)c1. The van der Waals surface area contributed by atoms with Crippen molar-refractivity contribution in [3.8, 4) is 0 Å². The molecular formula is C14H9F4NO2. The van der Waals surface area contributed by atoms with Crippen LogP contribution in [0.25, 0.3) is 0 Å². The van der Waals surface area contributed by atoms with E-state index in [0.717, 1.165) is 0 Å². The zero-order chi connectivity index (χ0) is 15.7. The second kappa shape index (κ2) is 5.43. The summed E-state index contributed by atoms with van der Waals surface area (Å²) in [7, 11) is 0. The van der Waals surface area contributed by atoms with E-state index in [1.54, 1.807) is 6.92 Å². The summed E-state index contributed by atoms with van der Waals surface area (Å²) in [4.78, 5) is 11.1. The number of carboxylic acids is 1. The number of hydrogen-bond donors (Lipinski definition) is 2. The normalized spacial score (nSPS) is 10.5. The summed E-state index contributed by atoms with van der Waals surface area (Å²) < 4.78 is 53.4. The van der Waals surface area contributed by atoms with E-state index in [0.29, 0.717) is 5.56 Å². The van der Waals surface area contributed by atoms with Gasteiger partial charge in [0.2, 0.25) is 0 Å². The van der Waals surface area contributed by atoms with Gasteiger partial charge in [-0.05, 0) is 24.6 Å². The van der Waals surface area contributed by atoms with Crippen LogP contribution in [0.4, 0.5) is 28.9 Å². The molecule has 7 heteroatoms. The third kappa shape index (κ3) is 2.81. The molecule has 0 saturated carbocycles. The van der Waals surface area contributed by atoms with Crippen LogP contribution in [-0.4, -0.2) is 11.1 Å². The topological polar surface area (TPSA) is 49.3 Å². The Kier molecular flexibility index (Phi) is 3.84. The first-order valence-corrected chi connectivity index (χ1v) is 5.75. The molecule has 2 rings (SSSR count). The summed E-state index contributed by atoms with van der Waals surface area (Å²) in [5.74, 6) is -7.78. The average Bonchev–Trinajstić information content (AvgIpc) is 2.41. The third-order valence-corrected chi connectivity index (χ3v) is 2.78. The maximum atomic E-state index is 13.6. The molecule has 3 nitrogen and oxygen atoms in total. The Hall–Kier alpha value is -2.57. The van der Waals surface area contributed by atoms with E-state index < -0.39 is 34.9 Å². The third-order valence-electron chi connectivity index (χ3n) is 2.78. The van der Waals surface area contributed by atoms with Gasteiger partial charge in [-0.3, -0.25) is 0 Å². The number of hydrogen-bond acceptors (Lipinski definition) is 2. The van der Waals surface area contributed by atoms with Gasteiger partial charge < -0.3 is 10.4 Å². The zero-order valence-corrected chi connectivity index (χ0v) is 10.7. The fraction of sp³-hybridized carbons (Fsp3) is 0.0714. The Bertz CT molecular complexity index is 705. The van der Waals surface area contributed by atoms with Gasteiger partial charge in [0.05, 0.1) is 11.3 Å². The molecule has 0 atom stereocenters. The van der Waals surface area contributed by atoms with Crippen LogP contribution in [0.5, 0.6) is 0 Å². The van der Waals surface area contributed by atoms with Gasteiger partial charge in [0.25, 0.3) is 0 Å². The van der Waals surface area contributed by atoms with Crippen LogP contribution in [0.2, 0.25) is 0 Å². The van der Waals surface area contributed by atoms with Gasteiger partial charge >= 0.3 is 5.97 Å². The van der Waals surface area contributed by atoms with Crippen LogP contribution in [0.1, 0.15) is 15.9 Å². The van der Waals surface area contributed by atoms with Crippen LogP contribution in [0, 0.1) is 30.2 Å². The molecule has 0 fully saturated rings. The highest BCUT2D eigenvalue weighted by Crippen LogP contribution is 2.29. The molecule has 2 aromatic carbocycles. The largest absolute Gasteiger partial charge is 0.478 e. The van der Waals surface area contributed by atoms with Gasteiger partial charge in [-0.15, -0.1) is 0 Å². The highest BCUT2D eigenvalue weighted by molar-refractivity contribution is 5.95. The molecule has 0 aliphatic carbocycles. The minimum Gasteiger partial charge on any atom is -0.478 e. The summed E-state index contributed by atoms with van der Waals surface area (Å²) in [5.41, 5.74) is -0.949. The minimum absolute atomic E-state index is 0.0736. The Morgan fingerprint density at radius 1 is 1.05 bits per heavy atom. The molecule has 0 unspecified atom stereocenters. The lowest BCUT2D eigenvalue weighted by Gasteiger charge is -2.13. The fourth-order valence-corrected chi connectivity index (χ4v) is 1.77.